The quantitative estimate of drug-likeness (QED) is 0.859. The summed E-state index contributed by atoms with van der Waals surface area (Å²) >= 11 is 0. The monoisotopic (exact) mass is 307 g/mol. The van der Waals surface area contributed by atoms with Crippen LogP contribution in [0.3, 0.4) is 0 Å². The van der Waals surface area contributed by atoms with Crippen molar-refractivity contribution in [3.63, 3.8) is 0 Å². The molecular weight excluding hydrogens is 282 g/mol. The van der Waals surface area contributed by atoms with Crippen LogP contribution in [0.25, 0.3) is 6.08 Å². The maximum absolute atomic E-state index is 9.34. The Morgan fingerprint density at radius 1 is 1.13 bits per heavy atom. The van der Waals surface area contributed by atoms with Crippen LogP contribution in [0.2, 0.25) is 0 Å². The molecule has 2 N–H and O–H groups in total. The standard InChI is InChI=1S/C21H25NO/c1-15-7-10-18(21-6-4-3-5-20(15)21)13-16(2)22-14-17-8-11-19(23)12-9-17/h4,6-12,16,22-23H,3,5,13-14H2,1-2H3. The molecule has 0 radical (unpaired) electrons. The number of fused-ring (bicyclic) bond motifs is 1. The molecule has 0 saturated carbocycles. The third-order valence-electron chi connectivity index (χ3n) is 4.64. The Morgan fingerprint density at radius 3 is 2.70 bits per heavy atom. The van der Waals surface area contributed by atoms with E-state index in [2.05, 4.69) is 43.4 Å². The van der Waals surface area contributed by atoms with E-state index >= 15 is 0 Å². The first-order valence-electron chi connectivity index (χ1n) is 8.42. The Morgan fingerprint density at radius 2 is 1.91 bits per heavy atom. The Labute approximate surface area is 138 Å². The molecule has 120 valence electrons. The number of benzene rings is 2. The van der Waals surface area contributed by atoms with Crippen molar-refractivity contribution in [2.75, 3.05) is 0 Å². The maximum atomic E-state index is 9.34. The second-order valence-corrected chi connectivity index (χ2v) is 6.53. The van der Waals surface area contributed by atoms with E-state index in [1.165, 1.54) is 34.2 Å². The molecule has 0 amide bonds. The number of aryl methyl sites for hydroxylation is 1. The summed E-state index contributed by atoms with van der Waals surface area (Å²) in [5, 5.41) is 12.9. The lowest BCUT2D eigenvalue weighted by Crippen LogP contribution is -2.28. The van der Waals surface area contributed by atoms with Gasteiger partial charge in [0.2, 0.25) is 0 Å². The number of rotatable bonds is 5. The van der Waals surface area contributed by atoms with Gasteiger partial charge in [-0.05, 0) is 73.1 Å². The van der Waals surface area contributed by atoms with Gasteiger partial charge in [-0.1, -0.05) is 36.4 Å². The van der Waals surface area contributed by atoms with Gasteiger partial charge in [0.05, 0.1) is 0 Å². The fraction of sp³-hybridized carbons (Fsp3) is 0.333. The van der Waals surface area contributed by atoms with Crippen LogP contribution in [-0.4, -0.2) is 11.1 Å². The van der Waals surface area contributed by atoms with Gasteiger partial charge in [-0.2, -0.15) is 0 Å². The third-order valence-corrected chi connectivity index (χ3v) is 4.64. The van der Waals surface area contributed by atoms with E-state index < -0.39 is 0 Å². The zero-order valence-electron chi connectivity index (χ0n) is 14.0. The zero-order valence-corrected chi connectivity index (χ0v) is 14.0. The number of nitrogens with one attached hydrogen (secondary N) is 1. The predicted octanol–water partition coefficient (Wildman–Crippen LogP) is 4.38. The van der Waals surface area contributed by atoms with Crippen LogP contribution in [0.1, 0.15) is 41.2 Å². The molecular formula is C21H25NO. The molecule has 0 aromatic heterocycles. The highest BCUT2D eigenvalue weighted by atomic mass is 16.3. The van der Waals surface area contributed by atoms with Crippen LogP contribution in [0.5, 0.6) is 5.75 Å². The molecule has 0 heterocycles. The van der Waals surface area contributed by atoms with Crippen LogP contribution in [0, 0.1) is 6.92 Å². The molecule has 23 heavy (non-hydrogen) atoms. The number of aromatic hydroxyl groups is 1. The molecule has 2 heteroatoms. The summed E-state index contributed by atoms with van der Waals surface area (Å²) in [5.41, 5.74) is 7.01. The van der Waals surface area contributed by atoms with Crippen LogP contribution in [0.15, 0.2) is 42.5 Å². The summed E-state index contributed by atoms with van der Waals surface area (Å²) in [6.45, 7) is 5.28. The zero-order chi connectivity index (χ0) is 16.2. The Kier molecular flexibility index (Phi) is 4.82. The van der Waals surface area contributed by atoms with Crippen molar-refractivity contribution < 1.29 is 5.11 Å². The lowest BCUT2D eigenvalue weighted by molar-refractivity contribution is 0.474. The summed E-state index contributed by atoms with van der Waals surface area (Å²) in [4.78, 5) is 0. The number of phenols is 1. The normalized spacial score (nSPS) is 14.5. The average molecular weight is 307 g/mol. The minimum atomic E-state index is 0.319. The Balaban J connectivity index is 1.65. The number of hydrogen-bond acceptors (Lipinski definition) is 2. The molecule has 0 fully saturated rings. The van der Waals surface area contributed by atoms with Crippen molar-refractivity contribution in [1.29, 1.82) is 0 Å². The van der Waals surface area contributed by atoms with Gasteiger partial charge < -0.3 is 10.4 Å². The highest BCUT2D eigenvalue weighted by Gasteiger charge is 2.13. The predicted molar refractivity (Wildman–Crippen MR) is 96.6 cm³/mol. The smallest absolute Gasteiger partial charge is 0.115 e. The summed E-state index contributed by atoms with van der Waals surface area (Å²) in [6, 6.07) is 12.4. The largest absolute Gasteiger partial charge is 0.508 e. The maximum Gasteiger partial charge on any atom is 0.115 e. The van der Waals surface area contributed by atoms with E-state index in [4.69, 9.17) is 0 Å². The van der Waals surface area contributed by atoms with Crippen LogP contribution >= 0.6 is 0 Å². The first kappa shape index (κ1) is 15.8. The minimum absolute atomic E-state index is 0.319. The first-order chi connectivity index (χ1) is 11.1. The third kappa shape index (κ3) is 3.83. The Bertz CT molecular complexity index is 701. The Hall–Kier alpha value is -2.06. The number of phenolic OH excluding ortho intramolecular Hbond substituents is 1. The molecule has 1 unspecified atom stereocenters. The van der Waals surface area contributed by atoms with E-state index in [-0.39, 0.29) is 0 Å². The van der Waals surface area contributed by atoms with Gasteiger partial charge >= 0.3 is 0 Å². The lowest BCUT2D eigenvalue weighted by atomic mass is 9.87. The highest BCUT2D eigenvalue weighted by molar-refractivity contribution is 5.62. The molecule has 1 aliphatic rings. The van der Waals surface area contributed by atoms with E-state index in [0.717, 1.165) is 19.4 Å². The molecule has 0 spiro atoms. The van der Waals surface area contributed by atoms with Gasteiger partial charge in [-0.3, -0.25) is 0 Å². The van der Waals surface area contributed by atoms with Gasteiger partial charge in [-0.15, -0.1) is 0 Å². The van der Waals surface area contributed by atoms with Crippen molar-refractivity contribution in [2.45, 2.75) is 45.7 Å². The molecule has 0 saturated heterocycles. The SMILES string of the molecule is Cc1ccc(CC(C)NCc2ccc(O)cc2)c2c1CCC=C2. The van der Waals surface area contributed by atoms with E-state index in [1.54, 1.807) is 12.1 Å². The molecule has 1 atom stereocenters. The van der Waals surface area contributed by atoms with Gasteiger partial charge in [0, 0.05) is 12.6 Å². The van der Waals surface area contributed by atoms with Crippen molar-refractivity contribution >= 4 is 6.08 Å². The average Bonchev–Trinajstić information content (AvgIpc) is 2.57. The molecule has 0 bridgehead atoms. The van der Waals surface area contributed by atoms with Crippen LogP contribution in [0.4, 0.5) is 0 Å². The van der Waals surface area contributed by atoms with Crippen molar-refractivity contribution in [1.82, 2.24) is 5.32 Å². The fourth-order valence-electron chi connectivity index (χ4n) is 3.28. The van der Waals surface area contributed by atoms with Gasteiger partial charge in [0.25, 0.3) is 0 Å². The molecule has 3 rings (SSSR count). The molecule has 2 aromatic rings. The summed E-state index contributed by atoms with van der Waals surface area (Å²) < 4.78 is 0. The number of allylic oxidation sites excluding steroid dienone is 1. The van der Waals surface area contributed by atoms with Crippen LogP contribution < -0.4 is 5.32 Å². The van der Waals surface area contributed by atoms with Crippen LogP contribution in [-0.2, 0) is 19.4 Å². The van der Waals surface area contributed by atoms with Crippen molar-refractivity contribution in [2.24, 2.45) is 0 Å². The summed E-state index contributed by atoms with van der Waals surface area (Å²) in [6.07, 6.45) is 7.95. The second-order valence-electron chi connectivity index (χ2n) is 6.53. The molecule has 2 nitrogen and oxygen atoms in total. The highest BCUT2D eigenvalue weighted by Crippen LogP contribution is 2.27. The number of hydrogen-bond donors (Lipinski definition) is 2. The fourth-order valence-corrected chi connectivity index (χ4v) is 3.28. The molecule has 1 aliphatic carbocycles. The summed E-state index contributed by atoms with van der Waals surface area (Å²) in [7, 11) is 0. The second kappa shape index (κ2) is 7.01. The molecule has 0 aliphatic heterocycles. The van der Waals surface area contributed by atoms with Crippen molar-refractivity contribution in [3.05, 3.63) is 70.3 Å². The van der Waals surface area contributed by atoms with E-state index in [0.29, 0.717) is 11.8 Å². The van der Waals surface area contributed by atoms with Crippen molar-refractivity contribution in [3.8, 4) is 5.75 Å². The van der Waals surface area contributed by atoms with E-state index in [9.17, 15) is 5.11 Å². The first-order valence-corrected chi connectivity index (χ1v) is 8.42. The van der Waals surface area contributed by atoms with Gasteiger partial charge in [0.15, 0.2) is 0 Å². The summed E-state index contributed by atoms with van der Waals surface area (Å²) in [5.74, 6) is 0.319. The van der Waals surface area contributed by atoms with E-state index in [1.807, 2.05) is 12.1 Å². The molecule has 2 aromatic carbocycles. The topological polar surface area (TPSA) is 32.3 Å². The van der Waals surface area contributed by atoms with Gasteiger partial charge in [-0.25, -0.2) is 0 Å². The van der Waals surface area contributed by atoms with Gasteiger partial charge in [0.1, 0.15) is 5.75 Å². The lowest BCUT2D eigenvalue weighted by Gasteiger charge is -2.20. The minimum Gasteiger partial charge on any atom is -0.508 e.